The number of fused-ring (bicyclic) bond motifs is 1. The van der Waals surface area contributed by atoms with E-state index in [0.29, 0.717) is 12.0 Å². The minimum atomic E-state index is 0.365. The van der Waals surface area contributed by atoms with Crippen LogP contribution in [0.3, 0.4) is 0 Å². The normalized spacial score (nSPS) is 25.4. The fraction of sp³-hybridized carbons (Fsp3) is 0.667. The largest absolute Gasteiger partial charge is 0.493 e. The van der Waals surface area contributed by atoms with Gasteiger partial charge in [-0.1, -0.05) is 43.9 Å². The first kappa shape index (κ1) is 13.9. The van der Waals surface area contributed by atoms with Crippen molar-refractivity contribution in [1.29, 1.82) is 0 Å². The Balaban J connectivity index is 1.65. The molecule has 1 aromatic carbocycles. The lowest BCUT2D eigenvalue weighted by molar-refractivity contribution is 0.246. The van der Waals surface area contributed by atoms with Crippen molar-refractivity contribution in [2.24, 2.45) is 11.7 Å². The molecule has 0 spiro atoms. The van der Waals surface area contributed by atoms with Crippen molar-refractivity contribution in [1.82, 2.24) is 0 Å². The highest BCUT2D eigenvalue weighted by molar-refractivity contribution is 5.37. The van der Waals surface area contributed by atoms with Crippen molar-refractivity contribution in [2.45, 2.75) is 63.3 Å². The van der Waals surface area contributed by atoms with Crippen LogP contribution in [0.25, 0.3) is 0 Å². The number of nitrogens with two attached hydrogens (primary N) is 1. The quantitative estimate of drug-likeness (QED) is 0.836. The number of ether oxygens (including phenoxy) is 1. The Morgan fingerprint density at radius 1 is 1.05 bits per heavy atom. The molecule has 1 saturated carbocycles. The zero-order valence-corrected chi connectivity index (χ0v) is 12.4. The summed E-state index contributed by atoms with van der Waals surface area (Å²) in [5.41, 5.74) is 7.94. The van der Waals surface area contributed by atoms with Crippen LogP contribution in [0.2, 0.25) is 0 Å². The molecule has 2 N–H and O–H groups in total. The molecule has 0 saturated heterocycles. The van der Waals surface area contributed by atoms with Crippen LogP contribution >= 0.6 is 0 Å². The topological polar surface area (TPSA) is 35.2 Å². The first-order valence-corrected chi connectivity index (χ1v) is 8.32. The van der Waals surface area contributed by atoms with Crippen LogP contribution in [0.15, 0.2) is 24.3 Å². The molecule has 2 heteroatoms. The summed E-state index contributed by atoms with van der Waals surface area (Å²) < 4.78 is 5.76. The van der Waals surface area contributed by atoms with Gasteiger partial charge in [0.05, 0.1) is 6.61 Å². The van der Waals surface area contributed by atoms with Crippen LogP contribution in [0.1, 0.15) is 62.8 Å². The number of hydrogen-bond acceptors (Lipinski definition) is 2. The molecule has 1 aliphatic heterocycles. The van der Waals surface area contributed by atoms with E-state index in [1.807, 2.05) is 0 Å². The molecule has 2 atom stereocenters. The van der Waals surface area contributed by atoms with E-state index in [9.17, 15) is 0 Å². The number of rotatable bonds is 3. The van der Waals surface area contributed by atoms with Gasteiger partial charge in [-0.2, -0.15) is 0 Å². The smallest absolute Gasteiger partial charge is 0.122 e. The van der Waals surface area contributed by atoms with Crippen LogP contribution in [0.4, 0.5) is 0 Å². The van der Waals surface area contributed by atoms with Crippen molar-refractivity contribution in [2.75, 3.05) is 6.61 Å². The summed E-state index contributed by atoms with van der Waals surface area (Å²) in [6, 6.07) is 8.87. The molecular formula is C18H27NO. The van der Waals surface area contributed by atoms with Crippen LogP contribution in [0.5, 0.6) is 5.75 Å². The summed E-state index contributed by atoms with van der Waals surface area (Å²) in [6.07, 6.45) is 10.5. The molecule has 0 aromatic heterocycles. The fourth-order valence-corrected chi connectivity index (χ4v) is 3.92. The van der Waals surface area contributed by atoms with E-state index in [0.717, 1.165) is 31.1 Å². The number of hydrogen-bond donors (Lipinski definition) is 1. The average Bonchev–Trinajstić information content (AvgIpc) is 2.77. The van der Waals surface area contributed by atoms with Gasteiger partial charge in [0.15, 0.2) is 0 Å². The van der Waals surface area contributed by atoms with Gasteiger partial charge in [0, 0.05) is 6.04 Å². The van der Waals surface area contributed by atoms with Gasteiger partial charge in [-0.3, -0.25) is 0 Å². The molecule has 1 heterocycles. The SMILES string of the molecule is NC(CC1CCOc2ccccc21)C1CCCCCC1. The van der Waals surface area contributed by atoms with E-state index < -0.39 is 0 Å². The molecule has 2 nitrogen and oxygen atoms in total. The van der Waals surface area contributed by atoms with Crippen molar-refractivity contribution >= 4 is 0 Å². The third-order valence-electron chi connectivity index (χ3n) is 5.14. The predicted octanol–water partition coefficient (Wildman–Crippen LogP) is 4.24. The minimum absolute atomic E-state index is 0.365. The van der Waals surface area contributed by atoms with Gasteiger partial charge in [0.2, 0.25) is 0 Å². The third-order valence-corrected chi connectivity index (χ3v) is 5.14. The summed E-state index contributed by atoms with van der Waals surface area (Å²) in [5.74, 6) is 2.42. The maximum atomic E-state index is 6.57. The van der Waals surface area contributed by atoms with Crippen molar-refractivity contribution in [3.63, 3.8) is 0 Å². The monoisotopic (exact) mass is 273 g/mol. The number of benzene rings is 1. The second kappa shape index (κ2) is 6.62. The van der Waals surface area contributed by atoms with Gasteiger partial charge in [0.25, 0.3) is 0 Å². The Kier molecular flexibility index (Phi) is 4.62. The molecule has 2 unspecified atom stereocenters. The van der Waals surface area contributed by atoms with E-state index in [2.05, 4.69) is 24.3 Å². The van der Waals surface area contributed by atoms with Gasteiger partial charge in [-0.05, 0) is 49.1 Å². The highest BCUT2D eigenvalue weighted by Crippen LogP contribution is 2.38. The van der Waals surface area contributed by atoms with Gasteiger partial charge >= 0.3 is 0 Å². The summed E-state index contributed by atoms with van der Waals surface area (Å²) in [4.78, 5) is 0. The maximum Gasteiger partial charge on any atom is 0.122 e. The zero-order valence-electron chi connectivity index (χ0n) is 12.4. The zero-order chi connectivity index (χ0) is 13.8. The lowest BCUT2D eigenvalue weighted by Gasteiger charge is -2.30. The summed E-state index contributed by atoms with van der Waals surface area (Å²) in [7, 11) is 0. The van der Waals surface area contributed by atoms with E-state index >= 15 is 0 Å². The molecule has 110 valence electrons. The highest BCUT2D eigenvalue weighted by Gasteiger charge is 2.27. The summed E-state index contributed by atoms with van der Waals surface area (Å²) >= 11 is 0. The predicted molar refractivity (Wildman–Crippen MR) is 83.1 cm³/mol. The Labute approximate surface area is 122 Å². The molecule has 20 heavy (non-hydrogen) atoms. The van der Waals surface area contributed by atoms with E-state index in [-0.39, 0.29) is 0 Å². The Bertz CT molecular complexity index is 423. The average molecular weight is 273 g/mol. The molecule has 3 rings (SSSR count). The molecule has 0 amide bonds. The van der Waals surface area contributed by atoms with Gasteiger partial charge in [-0.15, -0.1) is 0 Å². The van der Waals surface area contributed by atoms with Crippen molar-refractivity contribution < 1.29 is 4.74 Å². The minimum Gasteiger partial charge on any atom is -0.493 e. The first-order chi connectivity index (χ1) is 9.84. The van der Waals surface area contributed by atoms with E-state index in [1.54, 1.807) is 0 Å². The second-order valence-corrected chi connectivity index (χ2v) is 6.52. The van der Waals surface area contributed by atoms with Crippen LogP contribution in [-0.2, 0) is 0 Å². The summed E-state index contributed by atoms with van der Waals surface area (Å²) in [6.45, 7) is 0.846. The third kappa shape index (κ3) is 3.17. The van der Waals surface area contributed by atoms with Gasteiger partial charge in [0.1, 0.15) is 5.75 Å². The molecule has 0 bridgehead atoms. The summed E-state index contributed by atoms with van der Waals surface area (Å²) in [5, 5.41) is 0. The van der Waals surface area contributed by atoms with Crippen LogP contribution in [-0.4, -0.2) is 12.6 Å². The fourth-order valence-electron chi connectivity index (χ4n) is 3.92. The first-order valence-electron chi connectivity index (χ1n) is 8.32. The van der Waals surface area contributed by atoms with Crippen molar-refractivity contribution in [3.8, 4) is 5.75 Å². The highest BCUT2D eigenvalue weighted by atomic mass is 16.5. The number of para-hydroxylation sites is 1. The lowest BCUT2D eigenvalue weighted by atomic mass is 9.81. The molecule has 1 aliphatic carbocycles. The molecule has 2 aliphatic rings. The van der Waals surface area contributed by atoms with E-state index in [1.165, 1.54) is 44.1 Å². The molecule has 1 fully saturated rings. The molecule has 0 radical (unpaired) electrons. The van der Waals surface area contributed by atoms with Gasteiger partial charge in [-0.25, -0.2) is 0 Å². The Morgan fingerprint density at radius 2 is 1.80 bits per heavy atom. The van der Waals surface area contributed by atoms with E-state index in [4.69, 9.17) is 10.5 Å². The molecular weight excluding hydrogens is 246 g/mol. The van der Waals surface area contributed by atoms with Crippen molar-refractivity contribution in [3.05, 3.63) is 29.8 Å². The standard InChI is InChI=1S/C18H27NO/c19-17(14-7-3-1-2-4-8-14)13-15-11-12-20-18-10-6-5-9-16(15)18/h5-6,9-10,14-15,17H,1-4,7-8,11-13,19H2. The van der Waals surface area contributed by atoms with Crippen LogP contribution < -0.4 is 10.5 Å². The second-order valence-electron chi connectivity index (χ2n) is 6.52. The lowest BCUT2D eigenvalue weighted by Crippen LogP contribution is -2.32. The maximum absolute atomic E-state index is 6.57. The van der Waals surface area contributed by atoms with Gasteiger partial charge < -0.3 is 10.5 Å². The Hall–Kier alpha value is -1.02. The van der Waals surface area contributed by atoms with Crippen LogP contribution in [0, 0.1) is 5.92 Å². The Morgan fingerprint density at radius 3 is 2.60 bits per heavy atom. The molecule has 1 aromatic rings.